The zero-order valence-corrected chi connectivity index (χ0v) is 10.1. The van der Waals surface area contributed by atoms with Crippen LogP contribution < -0.4 is 5.73 Å². The molecule has 4 nitrogen and oxygen atoms in total. The summed E-state index contributed by atoms with van der Waals surface area (Å²) in [6.45, 7) is 2.30. The summed E-state index contributed by atoms with van der Waals surface area (Å²) in [4.78, 5) is 8.59. The van der Waals surface area contributed by atoms with E-state index >= 15 is 0 Å². The molecule has 0 radical (unpaired) electrons. The Kier molecular flexibility index (Phi) is 5.66. The Hall–Kier alpha value is -0.710. The molecule has 1 unspecified atom stereocenters. The average Bonchev–Trinajstić information content (AvgIpc) is 2.32. The lowest BCUT2D eigenvalue weighted by molar-refractivity contribution is 0.0802. The molecule has 0 bridgehead atoms. The second kappa shape index (κ2) is 6.78. The van der Waals surface area contributed by atoms with E-state index in [4.69, 9.17) is 10.5 Å². The van der Waals surface area contributed by atoms with Gasteiger partial charge in [0, 0.05) is 31.3 Å². The summed E-state index contributed by atoms with van der Waals surface area (Å²) in [5, 5.41) is 0. The van der Waals surface area contributed by atoms with Crippen molar-refractivity contribution in [2.24, 2.45) is 5.73 Å². The van der Waals surface area contributed by atoms with Crippen molar-refractivity contribution >= 4 is 12.4 Å². The van der Waals surface area contributed by atoms with Gasteiger partial charge in [-0.15, -0.1) is 12.4 Å². The zero-order valence-electron chi connectivity index (χ0n) is 9.26. The molecule has 2 heterocycles. The molecule has 1 fully saturated rings. The molecule has 5 heteroatoms. The molecule has 0 amide bonds. The van der Waals surface area contributed by atoms with Crippen LogP contribution in [-0.2, 0) is 11.2 Å². The van der Waals surface area contributed by atoms with E-state index in [1.807, 2.05) is 12.4 Å². The minimum Gasteiger partial charge on any atom is -0.381 e. The molecule has 1 aromatic heterocycles. The minimum atomic E-state index is 0. The zero-order chi connectivity index (χ0) is 10.5. The normalized spacial score (nSPS) is 20.2. The highest BCUT2D eigenvalue weighted by Crippen LogP contribution is 2.23. The van der Waals surface area contributed by atoms with Crippen molar-refractivity contribution in [1.82, 2.24) is 9.97 Å². The largest absolute Gasteiger partial charge is 0.381 e. The second-order valence-corrected chi connectivity index (χ2v) is 3.89. The first-order valence-corrected chi connectivity index (χ1v) is 5.49. The number of halogens is 1. The SMILES string of the molecule is Cl.NCCc1ncc(C2CCCOC2)cn1. The Morgan fingerprint density at radius 2 is 2.12 bits per heavy atom. The van der Waals surface area contributed by atoms with E-state index in [1.165, 1.54) is 12.0 Å². The van der Waals surface area contributed by atoms with Crippen LogP contribution in [0.25, 0.3) is 0 Å². The monoisotopic (exact) mass is 243 g/mol. The number of nitrogens with zero attached hydrogens (tertiary/aromatic N) is 2. The standard InChI is InChI=1S/C11H17N3O.ClH/c12-4-3-11-13-6-10(7-14-11)9-2-1-5-15-8-9;/h6-7,9H,1-5,8,12H2;1H. The lowest BCUT2D eigenvalue weighted by Gasteiger charge is -2.21. The first kappa shape index (κ1) is 13.4. The molecule has 16 heavy (non-hydrogen) atoms. The smallest absolute Gasteiger partial charge is 0.129 e. The Labute approximate surface area is 102 Å². The van der Waals surface area contributed by atoms with Crippen LogP contribution in [0, 0.1) is 0 Å². The summed E-state index contributed by atoms with van der Waals surface area (Å²) >= 11 is 0. The fraction of sp³-hybridized carbons (Fsp3) is 0.636. The van der Waals surface area contributed by atoms with Crippen LogP contribution in [0.3, 0.4) is 0 Å². The second-order valence-electron chi connectivity index (χ2n) is 3.89. The van der Waals surface area contributed by atoms with Crippen molar-refractivity contribution in [1.29, 1.82) is 0 Å². The summed E-state index contributed by atoms with van der Waals surface area (Å²) in [5.74, 6) is 1.31. The van der Waals surface area contributed by atoms with Gasteiger partial charge in [0.2, 0.25) is 0 Å². The maximum atomic E-state index is 5.44. The third-order valence-corrected chi connectivity index (χ3v) is 2.72. The molecule has 1 aliphatic heterocycles. The van der Waals surface area contributed by atoms with Gasteiger partial charge in [-0.25, -0.2) is 9.97 Å². The van der Waals surface area contributed by atoms with Crippen LogP contribution in [-0.4, -0.2) is 29.7 Å². The third kappa shape index (κ3) is 3.40. The molecule has 90 valence electrons. The van der Waals surface area contributed by atoms with Crippen LogP contribution in [0.4, 0.5) is 0 Å². The molecule has 0 aromatic carbocycles. The van der Waals surface area contributed by atoms with Gasteiger partial charge in [0.05, 0.1) is 6.61 Å². The van der Waals surface area contributed by atoms with E-state index in [-0.39, 0.29) is 12.4 Å². The number of rotatable bonds is 3. The Balaban J connectivity index is 0.00000128. The van der Waals surface area contributed by atoms with Gasteiger partial charge in [0.1, 0.15) is 5.82 Å². The highest BCUT2D eigenvalue weighted by molar-refractivity contribution is 5.85. The molecule has 0 aliphatic carbocycles. The maximum Gasteiger partial charge on any atom is 0.129 e. The number of hydrogen-bond acceptors (Lipinski definition) is 4. The number of ether oxygens (including phenoxy) is 1. The number of aromatic nitrogens is 2. The average molecular weight is 244 g/mol. The molecule has 2 N–H and O–H groups in total. The lowest BCUT2D eigenvalue weighted by Crippen LogP contribution is -2.16. The fourth-order valence-electron chi connectivity index (χ4n) is 1.84. The van der Waals surface area contributed by atoms with Gasteiger partial charge in [-0.2, -0.15) is 0 Å². The Morgan fingerprint density at radius 3 is 2.69 bits per heavy atom. The quantitative estimate of drug-likeness (QED) is 0.869. The van der Waals surface area contributed by atoms with Crippen molar-refractivity contribution in [3.8, 4) is 0 Å². The summed E-state index contributed by atoms with van der Waals surface area (Å²) in [5.41, 5.74) is 6.63. The molecule has 2 rings (SSSR count). The molecule has 0 spiro atoms. The fourth-order valence-corrected chi connectivity index (χ4v) is 1.84. The van der Waals surface area contributed by atoms with Crippen LogP contribution in [0.1, 0.15) is 30.1 Å². The first-order chi connectivity index (χ1) is 7.40. The molecule has 1 atom stereocenters. The van der Waals surface area contributed by atoms with Gasteiger partial charge in [-0.05, 0) is 24.9 Å². The van der Waals surface area contributed by atoms with E-state index in [0.717, 1.165) is 31.9 Å². The molecule has 1 aromatic rings. The molecule has 0 saturated carbocycles. The van der Waals surface area contributed by atoms with E-state index in [0.29, 0.717) is 12.5 Å². The van der Waals surface area contributed by atoms with Crippen molar-refractivity contribution in [3.63, 3.8) is 0 Å². The van der Waals surface area contributed by atoms with Crippen LogP contribution in [0.5, 0.6) is 0 Å². The van der Waals surface area contributed by atoms with E-state index in [2.05, 4.69) is 9.97 Å². The summed E-state index contributed by atoms with van der Waals surface area (Å²) in [7, 11) is 0. The summed E-state index contributed by atoms with van der Waals surface area (Å²) < 4.78 is 5.44. The van der Waals surface area contributed by atoms with E-state index in [1.54, 1.807) is 0 Å². The van der Waals surface area contributed by atoms with E-state index < -0.39 is 0 Å². The third-order valence-electron chi connectivity index (χ3n) is 2.72. The van der Waals surface area contributed by atoms with Crippen molar-refractivity contribution in [3.05, 3.63) is 23.8 Å². The first-order valence-electron chi connectivity index (χ1n) is 5.49. The predicted octanol–water partition coefficient (Wildman–Crippen LogP) is 1.29. The Morgan fingerprint density at radius 1 is 1.38 bits per heavy atom. The molecular weight excluding hydrogens is 226 g/mol. The molecule has 1 saturated heterocycles. The minimum absolute atomic E-state index is 0. The summed E-state index contributed by atoms with van der Waals surface area (Å²) in [6.07, 6.45) is 6.89. The van der Waals surface area contributed by atoms with Gasteiger partial charge in [-0.1, -0.05) is 0 Å². The number of nitrogens with two attached hydrogens (primary N) is 1. The highest BCUT2D eigenvalue weighted by Gasteiger charge is 2.16. The van der Waals surface area contributed by atoms with Gasteiger partial charge in [0.15, 0.2) is 0 Å². The van der Waals surface area contributed by atoms with Gasteiger partial charge in [0.25, 0.3) is 0 Å². The van der Waals surface area contributed by atoms with Gasteiger partial charge in [-0.3, -0.25) is 0 Å². The topological polar surface area (TPSA) is 61.0 Å². The summed E-state index contributed by atoms with van der Waals surface area (Å²) in [6, 6.07) is 0. The van der Waals surface area contributed by atoms with Crippen LogP contribution in [0.15, 0.2) is 12.4 Å². The molecule has 1 aliphatic rings. The highest BCUT2D eigenvalue weighted by atomic mass is 35.5. The van der Waals surface area contributed by atoms with Crippen molar-refractivity contribution in [2.75, 3.05) is 19.8 Å². The number of hydrogen-bond donors (Lipinski definition) is 1. The Bertz CT molecular complexity index is 299. The van der Waals surface area contributed by atoms with Crippen LogP contribution in [0.2, 0.25) is 0 Å². The maximum absolute atomic E-state index is 5.44. The van der Waals surface area contributed by atoms with E-state index in [9.17, 15) is 0 Å². The lowest BCUT2D eigenvalue weighted by atomic mass is 9.96. The van der Waals surface area contributed by atoms with Gasteiger partial charge >= 0.3 is 0 Å². The van der Waals surface area contributed by atoms with Gasteiger partial charge < -0.3 is 10.5 Å². The molecular formula is C11H18ClN3O. The van der Waals surface area contributed by atoms with Crippen molar-refractivity contribution in [2.45, 2.75) is 25.2 Å². The predicted molar refractivity (Wildman–Crippen MR) is 64.8 cm³/mol. The van der Waals surface area contributed by atoms with Crippen LogP contribution >= 0.6 is 12.4 Å². The van der Waals surface area contributed by atoms with Crippen molar-refractivity contribution < 1.29 is 4.74 Å².